The van der Waals surface area contributed by atoms with E-state index in [0.29, 0.717) is 5.56 Å². The first kappa shape index (κ1) is 13.3. The quantitative estimate of drug-likeness (QED) is 0.163. The molecule has 0 heterocycles. The van der Waals surface area contributed by atoms with Gasteiger partial charge >= 0.3 is 6.16 Å². The molecule has 0 saturated carbocycles. The van der Waals surface area contributed by atoms with E-state index >= 15 is 0 Å². The zero-order valence-corrected chi connectivity index (χ0v) is 9.02. The minimum absolute atomic E-state index is 0.0127. The van der Waals surface area contributed by atoms with Gasteiger partial charge < -0.3 is 9.84 Å². The van der Waals surface area contributed by atoms with Crippen molar-refractivity contribution in [2.75, 3.05) is 6.54 Å². The number of ether oxygens (including phenoxy) is 1. The average Bonchev–Trinajstić information content (AvgIpc) is 2.30. The maximum atomic E-state index is 10.6. The largest absolute Gasteiger partial charge is 0.511 e. The van der Waals surface area contributed by atoms with Crippen LogP contribution in [0.4, 0.5) is 10.5 Å². The molecule has 0 saturated heterocycles. The molecule has 18 heavy (non-hydrogen) atoms. The highest BCUT2D eigenvalue weighted by Gasteiger charge is 2.13. The number of rotatable bonds is 5. The Kier molecular flexibility index (Phi) is 4.47. The summed E-state index contributed by atoms with van der Waals surface area (Å²) in [5.41, 5.74) is 8.23. The van der Waals surface area contributed by atoms with Crippen LogP contribution in [0.15, 0.2) is 23.3 Å². The van der Waals surface area contributed by atoms with Crippen molar-refractivity contribution in [2.24, 2.45) is 5.11 Å². The van der Waals surface area contributed by atoms with Crippen LogP contribution in [0.5, 0.6) is 5.75 Å². The Bertz CT molecular complexity index is 524. The first-order chi connectivity index (χ1) is 8.54. The molecule has 9 nitrogen and oxygen atoms in total. The molecule has 0 spiro atoms. The molecule has 0 aliphatic heterocycles. The molecule has 0 radical (unpaired) electrons. The number of carboxylic acid groups (broad SMARTS) is 1. The summed E-state index contributed by atoms with van der Waals surface area (Å²) in [5, 5.41) is 22.4. The highest BCUT2D eigenvalue weighted by Crippen LogP contribution is 2.25. The minimum atomic E-state index is -1.52. The lowest BCUT2D eigenvalue weighted by Crippen LogP contribution is -2.06. The molecule has 0 amide bonds. The smallest absolute Gasteiger partial charge is 0.449 e. The summed E-state index contributed by atoms with van der Waals surface area (Å²) in [5.74, 6) is -0.0127. The molecule has 0 bridgehead atoms. The maximum absolute atomic E-state index is 10.6. The Hall–Kier alpha value is -2.80. The number of non-ortho nitro benzene ring substituents is 1. The van der Waals surface area contributed by atoms with E-state index in [1.54, 1.807) is 0 Å². The Balaban J connectivity index is 3.04. The van der Waals surface area contributed by atoms with Gasteiger partial charge in [0.2, 0.25) is 0 Å². The maximum Gasteiger partial charge on any atom is 0.511 e. The predicted molar refractivity (Wildman–Crippen MR) is 59.5 cm³/mol. The molecule has 1 aromatic rings. The van der Waals surface area contributed by atoms with E-state index in [9.17, 15) is 14.9 Å². The van der Waals surface area contributed by atoms with Crippen LogP contribution in [-0.2, 0) is 6.42 Å². The number of carbonyl (C=O) groups is 1. The third-order valence-corrected chi connectivity index (χ3v) is 2.00. The van der Waals surface area contributed by atoms with Gasteiger partial charge in [0.05, 0.1) is 4.92 Å². The first-order valence-electron chi connectivity index (χ1n) is 4.73. The minimum Gasteiger partial charge on any atom is -0.449 e. The van der Waals surface area contributed by atoms with Crippen LogP contribution >= 0.6 is 0 Å². The van der Waals surface area contributed by atoms with Crippen LogP contribution < -0.4 is 4.74 Å². The van der Waals surface area contributed by atoms with Gasteiger partial charge in [-0.25, -0.2) is 4.79 Å². The van der Waals surface area contributed by atoms with E-state index in [0.717, 1.165) is 6.07 Å². The van der Waals surface area contributed by atoms with Gasteiger partial charge in [0, 0.05) is 29.2 Å². The Morgan fingerprint density at radius 3 is 2.89 bits per heavy atom. The number of hydrogen-bond donors (Lipinski definition) is 1. The molecule has 0 aliphatic rings. The SMILES string of the molecule is [N-]=[N+]=NCCc1cc([N+](=O)[O-])ccc1OC(=O)O. The molecule has 0 aromatic heterocycles. The fraction of sp³-hybridized carbons (Fsp3) is 0.222. The van der Waals surface area contributed by atoms with Gasteiger partial charge in [0.1, 0.15) is 5.75 Å². The van der Waals surface area contributed by atoms with Crippen molar-refractivity contribution < 1.29 is 19.6 Å². The number of benzene rings is 1. The standard InChI is InChI=1S/C9H8N4O5/c10-12-11-4-3-6-5-7(13(16)17)1-2-8(6)18-9(14)15/h1-2,5H,3-4H2,(H,14,15). The second-order valence-electron chi connectivity index (χ2n) is 3.12. The van der Waals surface area contributed by atoms with E-state index < -0.39 is 11.1 Å². The second kappa shape index (κ2) is 6.06. The molecule has 0 atom stereocenters. The van der Waals surface area contributed by atoms with Crippen LogP contribution in [0.3, 0.4) is 0 Å². The first-order valence-corrected chi connectivity index (χ1v) is 4.73. The molecule has 1 aromatic carbocycles. The molecular weight excluding hydrogens is 244 g/mol. The lowest BCUT2D eigenvalue weighted by Gasteiger charge is -2.06. The van der Waals surface area contributed by atoms with Crippen LogP contribution in [0.2, 0.25) is 0 Å². The predicted octanol–water partition coefficient (Wildman–Crippen LogP) is 2.50. The molecular formula is C9H8N4O5. The van der Waals surface area contributed by atoms with Gasteiger partial charge in [-0.15, -0.1) is 0 Å². The van der Waals surface area contributed by atoms with E-state index in [1.807, 2.05) is 0 Å². The molecule has 94 valence electrons. The van der Waals surface area contributed by atoms with Gasteiger partial charge in [-0.1, -0.05) is 5.11 Å². The summed E-state index contributed by atoms with van der Waals surface area (Å²) in [6.07, 6.45) is -1.37. The summed E-state index contributed by atoms with van der Waals surface area (Å²) in [7, 11) is 0. The summed E-state index contributed by atoms with van der Waals surface area (Å²) in [6.45, 7) is 0.0493. The highest BCUT2D eigenvalue weighted by atomic mass is 16.7. The van der Waals surface area contributed by atoms with Gasteiger partial charge in [0.25, 0.3) is 5.69 Å². The van der Waals surface area contributed by atoms with Crippen molar-refractivity contribution in [2.45, 2.75) is 6.42 Å². The molecule has 0 fully saturated rings. The number of azide groups is 1. The van der Waals surface area contributed by atoms with Crippen molar-refractivity contribution in [3.05, 3.63) is 44.3 Å². The van der Waals surface area contributed by atoms with Gasteiger partial charge in [-0.3, -0.25) is 10.1 Å². The lowest BCUT2D eigenvalue weighted by molar-refractivity contribution is -0.384. The fourth-order valence-electron chi connectivity index (χ4n) is 1.28. The zero-order chi connectivity index (χ0) is 13.5. The van der Waals surface area contributed by atoms with Crippen LogP contribution in [0.1, 0.15) is 5.56 Å². The molecule has 0 aliphatic carbocycles. The summed E-state index contributed by atoms with van der Waals surface area (Å²) >= 11 is 0. The average molecular weight is 252 g/mol. The summed E-state index contributed by atoms with van der Waals surface area (Å²) in [4.78, 5) is 22.9. The molecule has 9 heteroatoms. The normalized spacial score (nSPS) is 9.33. The summed E-state index contributed by atoms with van der Waals surface area (Å²) in [6, 6.07) is 3.51. The summed E-state index contributed by atoms with van der Waals surface area (Å²) < 4.78 is 4.47. The van der Waals surface area contributed by atoms with Gasteiger partial charge in [-0.05, 0) is 18.0 Å². The number of nitro benzene ring substituents is 1. The van der Waals surface area contributed by atoms with Crippen molar-refractivity contribution in [1.29, 1.82) is 0 Å². The molecule has 1 N–H and O–H groups in total. The van der Waals surface area contributed by atoms with Crippen LogP contribution in [0.25, 0.3) is 10.4 Å². The number of hydrogen-bond acceptors (Lipinski definition) is 5. The van der Waals surface area contributed by atoms with Gasteiger partial charge in [0.15, 0.2) is 0 Å². The number of nitrogens with zero attached hydrogens (tertiary/aromatic N) is 4. The second-order valence-corrected chi connectivity index (χ2v) is 3.12. The number of nitro groups is 1. The van der Waals surface area contributed by atoms with Crippen molar-refractivity contribution >= 4 is 11.8 Å². The van der Waals surface area contributed by atoms with Crippen LogP contribution in [0, 0.1) is 10.1 Å². The molecule has 1 rings (SSSR count). The Morgan fingerprint density at radius 2 is 2.33 bits per heavy atom. The topological polar surface area (TPSA) is 138 Å². The monoisotopic (exact) mass is 252 g/mol. The van der Waals surface area contributed by atoms with E-state index in [2.05, 4.69) is 14.8 Å². The third kappa shape index (κ3) is 3.65. The Labute approximate surface area is 100 Å². The highest BCUT2D eigenvalue weighted by molar-refractivity contribution is 5.62. The molecule has 0 unspecified atom stereocenters. The van der Waals surface area contributed by atoms with E-state index in [1.165, 1.54) is 12.1 Å². The Morgan fingerprint density at radius 1 is 1.61 bits per heavy atom. The van der Waals surface area contributed by atoms with Crippen molar-refractivity contribution in [3.63, 3.8) is 0 Å². The van der Waals surface area contributed by atoms with Crippen molar-refractivity contribution in [1.82, 2.24) is 0 Å². The van der Waals surface area contributed by atoms with Crippen molar-refractivity contribution in [3.8, 4) is 5.75 Å². The third-order valence-electron chi connectivity index (χ3n) is 2.00. The van der Waals surface area contributed by atoms with Gasteiger partial charge in [-0.2, -0.15) is 0 Å². The fourth-order valence-corrected chi connectivity index (χ4v) is 1.28. The van der Waals surface area contributed by atoms with Crippen LogP contribution in [-0.4, -0.2) is 22.7 Å². The van der Waals surface area contributed by atoms with E-state index in [4.69, 9.17) is 10.6 Å². The zero-order valence-electron chi connectivity index (χ0n) is 9.02. The van der Waals surface area contributed by atoms with E-state index in [-0.39, 0.29) is 24.4 Å². The lowest BCUT2D eigenvalue weighted by atomic mass is 10.1.